The Bertz CT molecular complexity index is 495. The lowest BCUT2D eigenvalue weighted by Crippen LogP contribution is -2.47. The van der Waals surface area contributed by atoms with Crippen LogP contribution in [0.3, 0.4) is 0 Å². The molecule has 1 saturated carbocycles. The molecule has 0 unspecified atom stereocenters. The molecule has 1 aromatic heterocycles. The van der Waals surface area contributed by atoms with Gasteiger partial charge in [-0.25, -0.2) is 4.79 Å². The quantitative estimate of drug-likeness (QED) is 0.847. The van der Waals surface area contributed by atoms with Crippen LogP contribution in [-0.4, -0.2) is 57.7 Å². The number of H-pyrrole nitrogens is 1. The standard InChI is InChI=1S/C17H29N5O/c1-13(2)21(15-6-7-15)10-8-18-17(23)22-9-4-3-5-16(22)14-11-19-20-12-14/h11-13,15-16H,3-10H2,1-2H3,(H,18,23)(H,19,20)/t16-/m0/s1. The van der Waals surface area contributed by atoms with E-state index in [1.165, 1.54) is 19.3 Å². The maximum atomic E-state index is 12.6. The number of carbonyl (C=O) groups is 1. The van der Waals surface area contributed by atoms with Crippen LogP contribution in [-0.2, 0) is 0 Å². The van der Waals surface area contributed by atoms with E-state index in [0.717, 1.165) is 44.1 Å². The number of aromatic nitrogens is 2. The van der Waals surface area contributed by atoms with Crippen LogP contribution in [0.2, 0.25) is 0 Å². The molecular formula is C17H29N5O. The van der Waals surface area contributed by atoms with Crippen molar-refractivity contribution in [2.45, 2.75) is 64.1 Å². The van der Waals surface area contributed by atoms with Crippen molar-refractivity contribution < 1.29 is 4.79 Å². The minimum atomic E-state index is 0.0652. The van der Waals surface area contributed by atoms with Crippen molar-refractivity contribution in [3.8, 4) is 0 Å². The van der Waals surface area contributed by atoms with Crippen molar-refractivity contribution in [1.29, 1.82) is 0 Å². The molecule has 2 N–H and O–H groups in total. The Labute approximate surface area is 138 Å². The van der Waals surface area contributed by atoms with Gasteiger partial charge in [0, 0.05) is 43.5 Å². The van der Waals surface area contributed by atoms with Gasteiger partial charge in [0.05, 0.1) is 12.2 Å². The van der Waals surface area contributed by atoms with Crippen molar-refractivity contribution in [2.24, 2.45) is 0 Å². The van der Waals surface area contributed by atoms with E-state index in [1.807, 2.05) is 17.3 Å². The van der Waals surface area contributed by atoms with Gasteiger partial charge in [0.2, 0.25) is 0 Å². The summed E-state index contributed by atoms with van der Waals surface area (Å²) in [4.78, 5) is 17.1. The van der Waals surface area contributed by atoms with E-state index in [9.17, 15) is 4.79 Å². The zero-order valence-electron chi connectivity index (χ0n) is 14.3. The summed E-state index contributed by atoms with van der Waals surface area (Å²) in [7, 11) is 0. The predicted octanol–water partition coefficient (Wildman–Crippen LogP) is 2.52. The van der Waals surface area contributed by atoms with E-state index in [-0.39, 0.29) is 12.1 Å². The lowest BCUT2D eigenvalue weighted by molar-refractivity contribution is 0.148. The molecule has 0 bridgehead atoms. The highest BCUT2D eigenvalue weighted by molar-refractivity contribution is 5.74. The van der Waals surface area contributed by atoms with Crippen LogP contribution < -0.4 is 5.32 Å². The fraction of sp³-hybridized carbons (Fsp3) is 0.765. The molecule has 23 heavy (non-hydrogen) atoms. The Balaban J connectivity index is 1.52. The number of nitrogens with zero attached hydrogens (tertiary/aromatic N) is 3. The molecule has 1 aromatic rings. The van der Waals surface area contributed by atoms with Crippen LogP contribution in [0.4, 0.5) is 4.79 Å². The van der Waals surface area contributed by atoms with Crippen LogP contribution in [0.1, 0.15) is 57.6 Å². The Morgan fingerprint density at radius 3 is 2.91 bits per heavy atom. The number of urea groups is 1. The zero-order valence-corrected chi connectivity index (χ0v) is 14.3. The molecule has 1 aliphatic carbocycles. The normalized spacial score (nSPS) is 21.9. The minimum Gasteiger partial charge on any atom is -0.337 e. The predicted molar refractivity (Wildman–Crippen MR) is 90.1 cm³/mol. The average molecular weight is 319 g/mol. The molecule has 128 valence electrons. The first-order valence-electron chi connectivity index (χ1n) is 8.95. The Kier molecular flexibility index (Phi) is 5.20. The molecule has 6 heteroatoms. The number of likely N-dealkylation sites (tertiary alicyclic amines) is 1. The minimum absolute atomic E-state index is 0.0652. The highest BCUT2D eigenvalue weighted by Crippen LogP contribution is 2.30. The maximum absolute atomic E-state index is 12.6. The van der Waals surface area contributed by atoms with Crippen molar-refractivity contribution in [3.63, 3.8) is 0 Å². The smallest absolute Gasteiger partial charge is 0.317 e. The summed E-state index contributed by atoms with van der Waals surface area (Å²) < 4.78 is 0. The second-order valence-corrected chi connectivity index (χ2v) is 7.03. The average Bonchev–Trinajstić information content (AvgIpc) is 3.23. The van der Waals surface area contributed by atoms with Crippen LogP contribution in [0.5, 0.6) is 0 Å². The lowest BCUT2D eigenvalue weighted by Gasteiger charge is -2.35. The van der Waals surface area contributed by atoms with Gasteiger partial charge >= 0.3 is 6.03 Å². The van der Waals surface area contributed by atoms with Crippen LogP contribution in [0, 0.1) is 0 Å². The van der Waals surface area contributed by atoms with Gasteiger partial charge in [0.1, 0.15) is 0 Å². The van der Waals surface area contributed by atoms with Gasteiger partial charge in [0.25, 0.3) is 0 Å². The Morgan fingerprint density at radius 1 is 1.43 bits per heavy atom. The van der Waals surface area contributed by atoms with Gasteiger partial charge in [-0.1, -0.05) is 0 Å². The van der Waals surface area contributed by atoms with Gasteiger partial charge in [-0.3, -0.25) is 10.00 Å². The molecule has 2 fully saturated rings. The topological polar surface area (TPSA) is 64.3 Å². The van der Waals surface area contributed by atoms with E-state index in [2.05, 4.69) is 34.3 Å². The molecule has 0 aromatic carbocycles. The van der Waals surface area contributed by atoms with Crippen molar-refractivity contribution in [1.82, 2.24) is 25.3 Å². The third-order valence-corrected chi connectivity index (χ3v) is 4.99. The first-order valence-corrected chi connectivity index (χ1v) is 8.95. The van der Waals surface area contributed by atoms with Crippen molar-refractivity contribution >= 4 is 6.03 Å². The number of piperidine rings is 1. The number of carbonyl (C=O) groups excluding carboxylic acids is 1. The third-order valence-electron chi connectivity index (χ3n) is 4.99. The third kappa shape index (κ3) is 4.05. The number of amides is 2. The number of hydrogen-bond acceptors (Lipinski definition) is 3. The van der Waals surface area contributed by atoms with Crippen LogP contribution >= 0.6 is 0 Å². The number of hydrogen-bond donors (Lipinski definition) is 2. The van der Waals surface area contributed by atoms with E-state index in [1.54, 1.807) is 0 Å². The zero-order chi connectivity index (χ0) is 16.2. The summed E-state index contributed by atoms with van der Waals surface area (Å²) in [6.07, 6.45) is 9.63. The molecule has 0 spiro atoms. The monoisotopic (exact) mass is 319 g/mol. The molecule has 3 rings (SSSR count). The van der Waals surface area contributed by atoms with E-state index in [0.29, 0.717) is 6.04 Å². The molecular weight excluding hydrogens is 290 g/mol. The summed E-state index contributed by atoms with van der Waals surface area (Å²) >= 11 is 0. The molecule has 2 heterocycles. The van der Waals surface area contributed by atoms with Gasteiger partial charge < -0.3 is 10.2 Å². The number of aromatic amines is 1. The second kappa shape index (κ2) is 7.34. The first-order chi connectivity index (χ1) is 11.2. The molecule has 2 amide bonds. The largest absolute Gasteiger partial charge is 0.337 e. The summed E-state index contributed by atoms with van der Waals surface area (Å²) in [5.41, 5.74) is 1.11. The van der Waals surface area contributed by atoms with E-state index >= 15 is 0 Å². The first kappa shape index (κ1) is 16.3. The highest BCUT2D eigenvalue weighted by atomic mass is 16.2. The van der Waals surface area contributed by atoms with Gasteiger partial charge in [-0.05, 0) is 46.0 Å². The van der Waals surface area contributed by atoms with E-state index < -0.39 is 0 Å². The number of rotatable bonds is 6. The van der Waals surface area contributed by atoms with Crippen LogP contribution in [0.15, 0.2) is 12.4 Å². The van der Waals surface area contributed by atoms with Crippen LogP contribution in [0.25, 0.3) is 0 Å². The second-order valence-electron chi connectivity index (χ2n) is 7.03. The lowest BCUT2D eigenvalue weighted by atomic mass is 9.98. The fourth-order valence-corrected chi connectivity index (χ4v) is 3.63. The van der Waals surface area contributed by atoms with Crippen molar-refractivity contribution in [2.75, 3.05) is 19.6 Å². The number of nitrogens with one attached hydrogen (secondary N) is 2. The van der Waals surface area contributed by atoms with Gasteiger partial charge in [0.15, 0.2) is 0 Å². The molecule has 2 aliphatic rings. The highest BCUT2D eigenvalue weighted by Gasteiger charge is 2.31. The Hall–Kier alpha value is -1.56. The molecule has 1 aliphatic heterocycles. The molecule has 1 saturated heterocycles. The van der Waals surface area contributed by atoms with Gasteiger partial charge in [-0.2, -0.15) is 5.10 Å². The maximum Gasteiger partial charge on any atom is 0.317 e. The van der Waals surface area contributed by atoms with Gasteiger partial charge in [-0.15, -0.1) is 0 Å². The summed E-state index contributed by atoms with van der Waals surface area (Å²) in [5.74, 6) is 0. The fourth-order valence-electron chi connectivity index (χ4n) is 3.63. The SMILES string of the molecule is CC(C)N(CCNC(=O)N1CCCC[C@H]1c1cn[nH]c1)C1CC1. The van der Waals surface area contributed by atoms with E-state index in [4.69, 9.17) is 0 Å². The molecule has 1 atom stereocenters. The summed E-state index contributed by atoms with van der Waals surface area (Å²) in [6.45, 7) is 6.97. The Morgan fingerprint density at radius 2 is 2.26 bits per heavy atom. The molecule has 0 radical (unpaired) electrons. The van der Waals surface area contributed by atoms with Crippen molar-refractivity contribution in [3.05, 3.63) is 18.0 Å². The summed E-state index contributed by atoms with van der Waals surface area (Å²) in [6, 6.07) is 1.51. The molecule has 6 nitrogen and oxygen atoms in total. The summed E-state index contributed by atoms with van der Waals surface area (Å²) in [5, 5.41) is 10.0.